The van der Waals surface area contributed by atoms with Crippen LogP contribution in [0.5, 0.6) is 0 Å². The molecule has 0 aliphatic rings. The van der Waals surface area contributed by atoms with E-state index in [-0.39, 0.29) is 10.4 Å². The van der Waals surface area contributed by atoms with Gasteiger partial charge in [-0.1, -0.05) is 31.5 Å². The maximum Gasteiger partial charge on any atom is 0.362 e. The van der Waals surface area contributed by atoms with Gasteiger partial charge in [0.2, 0.25) is 0 Å². The van der Waals surface area contributed by atoms with Crippen molar-refractivity contribution in [3.05, 3.63) is 29.8 Å². The molecule has 0 saturated heterocycles. The zero-order chi connectivity index (χ0) is 15.9. The van der Waals surface area contributed by atoms with Gasteiger partial charge in [0, 0.05) is 6.42 Å². The molecule has 0 unspecified atom stereocenters. The molecule has 1 aromatic carbocycles. The van der Waals surface area contributed by atoms with Gasteiger partial charge < -0.3 is 20.9 Å². The Labute approximate surface area is 124 Å². The first-order valence-corrected chi connectivity index (χ1v) is 7.53. The molecule has 21 heavy (non-hydrogen) atoms. The lowest BCUT2D eigenvalue weighted by Crippen LogP contribution is -2.65. The van der Waals surface area contributed by atoms with E-state index < -0.39 is 22.1 Å². The van der Waals surface area contributed by atoms with Crippen molar-refractivity contribution in [1.82, 2.24) is 0 Å². The number of rotatable bonds is 4. The molecule has 0 bridgehead atoms. The minimum absolute atomic E-state index is 0. The molecule has 1 rings (SSSR count). The standard InChI is InChI=1S/C7H8O3S.C6H13NO2.H2O/c1-6-2-4-7(5-3-6)11(8,9)10;1-4(2)3-5(7)6(8)9;/h2-5H,1H3,(H,8,9,10);4-5H,3,7H2,1-2H3,(H,8,9);1H2/t;5-;/m.0./s1. The molecule has 0 heterocycles. The number of carboxylic acid groups (broad SMARTS) is 1. The first-order chi connectivity index (χ1) is 9.04. The Bertz CT molecular complexity index is 524. The number of quaternary nitrogens is 1. The van der Waals surface area contributed by atoms with E-state index in [2.05, 4.69) is 5.73 Å². The summed E-state index contributed by atoms with van der Waals surface area (Å²) >= 11 is 0. The van der Waals surface area contributed by atoms with Gasteiger partial charge in [-0.2, -0.15) is 0 Å². The molecular formula is C13H23NO6S. The number of carbonyl (C=O) groups is 1. The van der Waals surface area contributed by atoms with Gasteiger partial charge in [0.15, 0.2) is 6.04 Å². The zero-order valence-electron chi connectivity index (χ0n) is 12.4. The molecular weight excluding hydrogens is 298 g/mol. The van der Waals surface area contributed by atoms with Gasteiger partial charge in [-0.25, -0.2) is 13.2 Å². The van der Waals surface area contributed by atoms with E-state index in [1.807, 2.05) is 20.8 Å². The van der Waals surface area contributed by atoms with E-state index in [0.717, 1.165) is 5.56 Å². The Hall–Kier alpha value is -1.48. The Kier molecular flexibility index (Phi) is 9.82. The molecule has 0 radical (unpaired) electrons. The van der Waals surface area contributed by atoms with Crippen LogP contribution in [0.2, 0.25) is 0 Å². The van der Waals surface area contributed by atoms with E-state index in [1.54, 1.807) is 12.1 Å². The van der Waals surface area contributed by atoms with Gasteiger partial charge >= 0.3 is 5.97 Å². The molecule has 0 aliphatic heterocycles. The van der Waals surface area contributed by atoms with E-state index in [4.69, 9.17) is 5.11 Å². The third-order valence-corrected chi connectivity index (χ3v) is 3.26. The third-order valence-electron chi connectivity index (χ3n) is 2.41. The highest BCUT2D eigenvalue weighted by Crippen LogP contribution is 2.08. The van der Waals surface area contributed by atoms with E-state index >= 15 is 0 Å². The van der Waals surface area contributed by atoms with Gasteiger partial charge in [0.05, 0.1) is 4.90 Å². The minimum Gasteiger partial charge on any atom is -0.744 e. The van der Waals surface area contributed by atoms with Crippen LogP contribution in [0, 0.1) is 12.8 Å². The molecule has 0 aromatic heterocycles. The first-order valence-electron chi connectivity index (χ1n) is 6.12. The van der Waals surface area contributed by atoms with Crippen molar-refractivity contribution in [1.29, 1.82) is 0 Å². The fraction of sp³-hybridized carbons (Fsp3) is 0.462. The summed E-state index contributed by atoms with van der Waals surface area (Å²) in [5.74, 6) is -0.382. The second kappa shape index (κ2) is 9.46. The molecule has 122 valence electrons. The van der Waals surface area contributed by atoms with Crippen molar-refractivity contribution in [3.8, 4) is 0 Å². The van der Waals surface area contributed by atoms with Gasteiger partial charge in [-0.05, 0) is 25.0 Å². The summed E-state index contributed by atoms with van der Waals surface area (Å²) in [5, 5.41) is 8.37. The largest absolute Gasteiger partial charge is 0.744 e. The Morgan fingerprint density at radius 2 is 1.71 bits per heavy atom. The number of hydrogen-bond donors (Lipinski definition) is 2. The predicted molar refractivity (Wildman–Crippen MR) is 76.5 cm³/mol. The van der Waals surface area contributed by atoms with Crippen LogP contribution >= 0.6 is 0 Å². The molecule has 0 amide bonds. The van der Waals surface area contributed by atoms with Crippen LogP contribution in [0.3, 0.4) is 0 Å². The molecule has 6 N–H and O–H groups in total. The van der Waals surface area contributed by atoms with Gasteiger partial charge in [0.1, 0.15) is 10.1 Å². The van der Waals surface area contributed by atoms with Crippen molar-refractivity contribution < 1.29 is 34.1 Å². The summed E-state index contributed by atoms with van der Waals surface area (Å²) in [5.41, 5.74) is 4.41. The molecule has 7 nitrogen and oxygen atoms in total. The molecule has 0 saturated carbocycles. The quantitative estimate of drug-likeness (QED) is 0.735. The van der Waals surface area contributed by atoms with Crippen molar-refractivity contribution in [3.63, 3.8) is 0 Å². The summed E-state index contributed by atoms with van der Waals surface area (Å²) in [6, 6.07) is 5.34. The van der Waals surface area contributed by atoms with E-state index in [1.165, 1.54) is 12.1 Å². The van der Waals surface area contributed by atoms with Crippen molar-refractivity contribution >= 4 is 16.1 Å². The summed E-state index contributed by atoms with van der Waals surface area (Å²) in [7, 11) is -4.27. The average Bonchev–Trinajstić information content (AvgIpc) is 2.28. The predicted octanol–water partition coefficient (Wildman–Crippen LogP) is -0.198. The minimum atomic E-state index is -4.27. The number of hydrogen-bond acceptors (Lipinski definition) is 4. The summed E-state index contributed by atoms with van der Waals surface area (Å²) < 4.78 is 31.2. The van der Waals surface area contributed by atoms with Crippen molar-refractivity contribution in [2.24, 2.45) is 5.92 Å². The summed E-state index contributed by atoms with van der Waals surface area (Å²) in [4.78, 5) is 9.99. The number of carboxylic acids is 1. The molecule has 8 heteroatoms. The second-order valence-electron chi connectivity index (χ2n) is 4.93. The lowest BCUT2D eigenvalue weighted by molar-refractivity contribution is -0.410. The van der Waals surface area contributed by atoms with Crippen molar-refractivity contribution in [2.45, 2.75) is 38.1 Å². The van der Waals surface area contributed by atoms with Crippen LogP contribution in [0.1, 0.15) is 25.8 Å². The maximum atomic E-state index is 10.4. The van der Waals surface area contributed by atoms with Gasteiger partial charge in [-0.3, -0.25) is 0 Å². The molecule has 0 spiro atoms. The number of aliphatic carboxylic acids is 1. The third kappa shape index (κ3) is 9.97. The highest BCUT2D eigenvalue weighted by atomic mass is 32.2. The van der Waals surface area contributed by atoms with Crippen LogP contribution in [-0.2, 0) is 14.9 Å². The Morgan fingerprint density at radius 1 is 1.29 bits per heavy atom. The highest BCUT2D eigenvalue weighted by Gasteiger charge is 2.16. The SMILES string of the molecule is CC(C)C[C@H]([NH3+])C(=O)O.Cc1ccc(S(=O)(=O)[O-])cc1.O. The van der Waals surface area contributed by atoms with Crippen LogP contribution in [0.4, 0.5) is 0 Å². The topological polar surface area (TPSA) is 154 Å². The molecule has 0 aliphatic carbocycles. The van der Waals surface area contributed by atoms with Crippen LogP contribution in [-0.4, -0.2) is 35.6 Å². The molecule has 1 atom stereocenters. The zero-order valence-corrected chi connectivity index (χ0v) is 13.2. The Morgan fingerprint density at radius 3 is 1.95 bits per heavy atom. The summed E-state index contributed by atoms with van der Waals surface area (Å²) in [6.45, 7) is 5.80. The number of aryl methyl sites for hydroxylation is 1. The Balaban J connectivity index is 0. The lowest BCUT2D eigenvalue weighted by Gasteiger charge is -2.05. The smallest absolute Gasteiger partial charge is 0.362 e. The van der Waals surface area contributed by atoms with Crippen LogP contribution < -0.4 is 5.73 Å². The lowest BCUT2D eigenvalue weighted by atomic mass is 10.1. The van der Waals surface area contributed by atoms with Crippen LogP contribution in [0.15, 0.2) is 29.2 Å². The maximum absolute atomic E-state index is 10.4. The van der Waals surface area contributed by atoms with Gasteiger partial charge in [-0.15, -0.1) is 0 Å². The fourth-order valence-corrected chi connectivity index (χ4v) is 1.84. The van der Waals surface area contributed by atoms with Gasteiger partial charge in [0.25, 0.3) is 0 Å². The molecule has 1 aromatic rings. The molecule has 0 fully saturated rings. The second-order valence-corrected chi connectivity index (χ2v) is 6.31. The highest BCUT2D eigenvalue weighted by molar-refractivity contribution is 7.85. The normalized spacial score (nSPS) is 11.9. The summed E-state index contributed by atoms with van der Waals surface area (Å²) in [6.07, 6.45) is 0.662. The first kappa shape index (κ1) is 21.8. The fourth-order valence-electron chi connectivity index (χ4n) is 1.37. The van der Waals surface area contributed by atoms with E-state index in [0.29, 0.717) is 12.3 Å². The van der Waals surface area contributed by atoms with E-state index in [9.17, 15) is 17.8 Å². The van der Waals surface area contributed by atoms with Crippen molar-refractivity contribution in [2.75, 3.05) is 0 Å². The van der Waals surface area contributed by atoms with Crippen LogP contribution in [0.25, 0.3) is 0 Å². The average molecular weight is 321 g/mol. The number of benzene rings is 1. The monoisotopic (exact) mass is 321 g/mol.